The van der Waals surface area contributed by atoms with Crippen molar-refractivity contribution < 1.29 is 13.2 Å². The predicted octanol–water partition coefficient (Wildman–Crippen LogP) is 3.43. The summed E-state index contributed by atoms with van der Waals surface area (Å²) in [7, 11) is 0. The summed E-state index contributed by atoms with van der Waals surface area (Å²) in [5, 5.41) is 10.1. The maximum atomic E-state index is 12.5. The lowest BCUT2D eigenvalue weighted by molar-refractivity contribution is -0.141. The van der Waals surface area contributed by atoms with Gasteiger partial charge in [-0.1, -0.05) is 37.3 Å². The Labute approximate surface area is 138 Å². The number of likely N-dealkylation sites (tertiary alicyclic amines) is 1. The number of hydrogen-bond acceptors (Lipinski definition) is 4. The number of hydrogen-bond donors (Lipinski definition) is 1. The quantitative estimate of drug-likeness (QED) is 0.929. The van der Waals surface area contributed by atoms with Crippen molar-refractivity contribution in [3.05, 3.63) is 53.7 Å². The highest BCUT2D eigenvalue weighted by Crippen LogP contribution is 2.27. The number of halogens is 3. The normalized spacial score (nSPS) is 21.8. The van der Waals surface area contributed by atoms with E-state index in [9.17, 15) is 13.2 Å². The first-order valence-electron chi connectivity index (χ1n) is 7.85. The van der Waals surface area contributed by atoms with Crippen LogP contribution in [0.4, 0.5) is 19.0 Å². The van der Waals surface area contributed by atoms with E-state index < -0.39 is 11.9 Å². The molecule has 0 radical (unpaired) electrons. The summed E-state index contributed by atoms with van der Waals surface area (Å²) in [5.41, 5.74) is 0.276. The number of anilines is 1. The van der Waals surface area contributed by atoms with Crippen LogP contribution in [0.1, 0.15) is 18.2 Å². The molecule has 2 unspecified atom stereocenters. The molecule has 2 aromatic rings. The van der Waals surface area contributed by atoms with Crippen molar-refractivity contribution in [3.8, 4) is 0 Å². The molecule has 2 heterocycles. The van der Waals surface area contributed by atoms with Crippen molar-refractivity contribution in [1.82, 2.24) is 15.1 Å². The Balaban J connectivity index is 1.59. The molecule has 1 aliphatic heterocycles. The number of nitrogens with one attached hydrogen (secondary N) is 1. The Morgan fingerprint density at radius 2 is 1.83 bits per heavy atom. The first-order chi connectivity index (χ1) is 11.4. The summed E-state index contributed by atoms with van der Waals surface area (Å²) in [6.45, 7) is 4.74. The fourth-order valence-corrected chi connectivity index (χ4v) is 2.98. The van der Waals surface area contributed by atoms with Gasteiger partial charge in [0.15, 0.2) is 5.69 Å². The summed E-state index contributed by atoms with van der Waals surface area (Å²) >= 11 is 0. The zero-order chi connectivity index (χ0) is 17.2. The Kier molecular flexibility index (Phi) is 4.71. The van der Waals surface area contributed by atoms with Gasteiger partial charge in [0, 0.05) is 25.7 Å². The topological polar surface area (TPSA) is 41.0 Å². The third-order valence-corrected chi connectivity index (χ3v) is 4.23. The van der Waals surface area contributed by atoms with Crippen molar-refractivity contribution in [2.75, 3.05) is 18.4 Å². The molecule has 1 aromatic heterocycles. The Morgan fingerprint density at radius 3 is 2.46 bits per heavy atom. The van der Waals surface area contributed by atoms with E-state index in [4.69, 9.17) is 0 Å². The molecule has 0 aliphatic carbocycles. The molecule has 0 spiro atoms. The lowest BCUT2D eigenvalue weighted by Gasteiger charge is -2.18. The predicted molar refractivity (Wildman–Crippen MR) is 85.3 cm³/mol. The first kappa shape index (κ1) is 16.7. The fourth-order valence-electron chi connectivity index (χ4n) is 2.98. The van der Waals surface area contributed by atoms with Crippen molar-refractivity contribution in [2.24, 2.45) is 5.92 Å². The molecule has 1 N–H and O–H groups in total. The number of aromatic nitrogens is 2. The van der Waals surface area contributed by atoms with Gasteiger partial charge in [0.25, 0.3) is 0 Å². The van der Waals surface area contributed by atoms with Gasteiger partial charge >= 0.3 is 6.18 Å². The van der Waals surface area contributed by atoms with Crippen molar-refractivity contribution in [2.45, 2.75) is 25.7 Å². The minimum absolute atomic E-state index is 0.139. The second-order valence-corrected chi connectivity index (χ2v) is 6.21. The zero-order valence-corrected chi connectivity index (χ0v) is 13.3. The van der Waals surface area contributed by atoms with E-state index in [0.29, 0.717) is 11.7 Å². The van der Waals surface area contributed by atoms with Crippen LogP contribution < -0.4 is 5.32 Å². The van der Waals surface area contributed by atoms with Gasteiger partial charge in [-0.25, -0.2) is 0 Å². The maximum Gasteiger partial charge on any atom is 0.435 e. The highest BCUT2D eigenvalue weighted by atomic mass is 19.4. The zero-order valence-electron chi connectivity index (χ0n) is 13.3. The van der Waals surface area contributed by atoms with Gasteiger partial charge in [0.1, 0.15) is 5.82 Å². The fraction of sp³-hybridized carbons (Fsp3) is 0.412. The molecule has 0 amide bonds. The Morgan fingerprint density at radius 1 is 1.08 bits per heavy atom. The summed E-state index contributed by atoms with van der Waals surface area (Å²) in [6.07, 6.45) is -4.46. The van der Waals surface area contributed by atoms with Crippen molar-refractivity contribution >= 4 is 5.82 Å². The average Bonchev–Trinajstić information content (AvgIpc) is 2.87. The van der Waals surface area contributed by atoms with E-state index in [1.807, 2.05) is 18.2 Å². The van der Waals surface area contributed by atoms with Crippen LogP contribution in [-0.2, 0) is 12.7 Å². The van der Waals surface area contributed by atoms with Crippen LogP contribution in [0, 0.1) is 5.92 Å². The number of alkyl halides is 3. The van der Waals surface area contributed by atoms with Gasteiger partial charge in [-0.3, -0.25) is 4.90 Å². The largest absolute Gasteiger partial charge is 0.435 e. The van der Waals surface area contributed by atoms with E-state index in [1.54, 1.807) is 0 Å². The lowest BCUT2D eigenvalue weighted by atomic mass is 10.1. The smallest absolute Gasteiger partial charge is 0.364 e. The summed E-state index contributed by atoms with van der Waals surface area (Å²) in [6, 6.07) is 12.6. The van der Waals surface area contributed by atoms with Gasteiger partial charge in [-0.2, -0.15) is 13.2 Å². The minimum atomic E-state index is -4.46. The highest BCUT2D eigenvalue weighted by molar-refractivity contribution is 5.35. The van der Waals surface area contributed by atoms with Crippen molar-refractivity contribution in [1.29, 1.82) is 0 Å². The second kappa shape index (κ2) is 6.76. The Bertz CT molecular complexity index is 658. The van der Waals surface area contributed by atoms with Gasteiger partial charge in [-0.05, 0) is 23.6 Å². The molecule has 1 fully saturated rings. The molecular weight excluding hydrogens is 317 g/mol. The molecule has 1 saturated heterocycles. The van der Waals surface area contributed by atoms with Crippen LogP contribution in [0.3, 0.4) is 0 Å². The molecule has 1 aliphatic rings. The number of nitrogens with zero attached hydrogens (tertiary/aromatic N) is 3. The third kappa shape index (κ3) is 4.03. The standard InChI is InChI=1S/C17H19F3N4/c1-12-9-24(10-13-5-3-2-4-6-13)11-14(12)21-16-8-7-15(22-23-16)17(18,19)20/h2-8,12,14H,9-11H2,1H3,(H,21,23). The van der Waals surface area contributed by atoms with E-state index in [2.05, 4.69) is 39.5 Å². The average molecular weight is 336 g/mol. The van der Waals surface area contributed by atoms with Crippen LogP contribution in [0.25, 0.3) is 0 Å². The van der Waals surface area contributed by atoms with Crippen LogP contribution in [0.2, 0.25) is 0 Å². The molecule has 2 atom stereocenters. The molecule has 0 bridgehead atoms. The van der Waals surface area contributed by atoms with Gasteiger partial charge in [0.05, 0.1) is 0 Å². The van der Waals surface area contributed by atoms with E-state index in [1.165, 1.54) is 11.6 Å². The molecule has 128 valence electrons. The molecule has 0 saturated carbocycles. The van der Waals surface area contributed by atoms with E-state index >= 15 is 0 Å². The van der Waals surface area contributed by atoms with Crippen LogP contribution in [-0.4, -0.2) is 34.2 Å². The van der Waals surface area contributed by atoms with Gasteiger partial charge in [-0.15, -0.1) is 10.2 Å². The first-order valence-corrected chi connectivity index (χ1v) is 7.85. The Hall–Kier alpha value is -2.15. The summed E-state index contributed by atoms with van der Waals surface area (Å²) in [4.78, 5) is 2.33. The van der Waals surface area contributed by atoms with Gasteiger partial charge < -0.3 is 5.32 Å². The van der Waals surface area contributed by atoms with E-state index in [-0.39, 0.29) is 6.04 Å². The molecular formula is C17H19F3N4. The molecule has 3 rings (SSSR count). The summed E-state index contributed by atoms with van der Waals surface area (Å²) in [5.74, 6) is 0.749. The molecule has 24 heavy (non-hydrogen) atoms. The monoisotopic (exact) mass is 336 g/mol. The van der Waals surface area contributed by atoms with Crippen LogP contribution in [0.15, 0.2) is 42.5 Å². The SMILES string of the molecule is CC1CN(Cc2ccccc2)CC1Nc1ccc(C(F)(F)F)nn1. The minimum Gasteiger partial charge on any atom is -0.364 e. The molecule has 1 aromatic carbocycles. The molecule has 4 nitrogen and oxygen atoms in total. The van der Waals surface area contributed by atoms with E-state index in [0.717, 1.165) is 25.7 Å². The van der Waals surface area contributed by atoms with Gasteiger partial charge in [0.2, 0.25) is 0 Å². The number of rotatable bonds is 4. The van der Waals surface area contributed by atoms with Crippen molar-refractivity contribution in [3.63, 3.8) is 0 Å². The molecule has 7 heteroatoms. The summed E-state index contributed by atoms with van der Waals surface area (Å²) < 4.78 is 37.5. The highest BCUT2D eigenvalue weighted by Gasteiger charge is 2.33. The maximum absolute atomic E-state index is 12.5. The van der Waals surface area contributed by atoms with Crippen LogP contribution in [0.5, 0.6) is 0 Å². The second-order valence-electron chi connectivity index (χ2n) is 6.21. The van der Waals surface area contributed by atoms with Crippen LogP contribution >= 0.6 is 0 Å². The number of benzene rings is 1. The third-order valence-electron chi connectivity index (χ3n) is 4.23. The lowest BCUT2D eigenvalue weighted by Crippen LogP contribution is -2.28.